The number of halogens is 1. The van der Waals surface area contributed by atoms with Gasteiger partial charge < -0.3 is 15.8 Å². The highest BCUT2D eigenvalue weighted by atomic mass is 35.5. The van der Waals surface area contributed by atoms with E-state index >= 15 is 0 Å². The van der Waals surface area contributed by atoms with Gasteiger partial charge in [0, 0.05) is 43.1 Å². The molecule has 3 amide bonds. The van der Waals surface area contributed by atoms with Crippen LogP contribution < -0.4 is 25.4 Å². The number of amides is 3. The van der Waals surface area contributed by atoms with Crippen LogP contribution >= 0.6 is 11.6 Å². The summed E-state index contributed by atoms with van der Waals surface area (Å²) in [5, 5.41) is 3.15. The van der Waals surface area contributed by atoms with Crippen LogP contribution in [0.3, 0.4) is 0 Å². The fourth-order valence-electron chi connectivity index (χ4n) is 5.22. The van der Waals surface area contributed by atoms with E-state index in [2.05, 4.69) is 24.9 Å². The van der Waals surface area contributed by atoms with Gasteiger partial charge in [-0.15, -0.1) is 0 Å². The zero-order chi connectivity index (χ0) is 32.8. The maximum Gasteiger partial charge on any atom is 0.326 e. The molecule has 4 N–H and O–H groups in total. The second-order valence-electron chi connectivity index (χ2n) is 11.0. The summed E-state index contributed by atoms with van der Waals surface area (Å²) >= 11 is 6.32. The Morgan fingerprint density at radius 1 is 1.04 bits per heavy atom. The van der Waals surface area contributed by atoms with Gasteiger partial charge in [-0.05, 0) is 67.8 Å². The van der Waals surface area contributed by atoms with Crippen LogP contribution in [0.1, 0.15) is 34.6 Å². The molecule has 14 heteroatoms. The van der Waals surface area contributed by atoms with Crippen molar-refractivity contribution in [3.05, 3.63) is 101 Å². The fourth-order valence-corrected chi connectivity index (χ4v) is 6.00. The molecule has 0 bridgehead atoms. The summed E-state index contributed by atoms with van der Waals surface area (Å²) in [7, 11) is -3.43. The van der Waals surface area contributed by atoms with Gasteiger partial charge in [0.1, 0.15) is 11.4 Å². The Bertz CT molecular complexity index is 1820. The first-order valence-electron chi connectivity index (χ1n) is 14.5. The molecule has 3 heterocycles. The Hall–Kier alpha value is -4.72. The maximum absolute atomic E-state index is 13.5. The largest absolute Gasteiger partial charge is 0.437 e. The van der Waals surface area contributed by atoms with Gasteiger partial charge in [-0.2, -0.15) is 0 Å². The maximum atomic E-state index is 13.5. The Morgan fingerprint density at radius 3 is 2.37 bits per heavy atom. The zero-order valence-electron chi connectivity index (χ0n) is 25.3. The molecule has 5 rings (SSSR count). The molecule has 1 aliphatic heterocycles. The molecular formula is C32H34ClN7O5S. The molecule has 2 aromatic carbocycles. The Labute approximate surface area is 272 Å². The van der Waals surface area contributed by atoms with Crippen molar-refractivity contribution in [1.82, 2.24) is 14.9 Å². The number of sulfonamides is 1. The quantitative estimate of drug-likeness (QED) is 0.203. The Kier molecular flexibility index (Phi) is 10.0. The van der Waals surface area contributed by atoms with E-state index in [0.29, 0.717) is 29.5 Å². The smallest absolute Gasteiger partial charge is 0.326 e. The number of carbonyl (C=O) groups is 2. The highest BCUT2D eigenvalue weighted by Gasteiger charge is 2.29. The van der Waals surface area contributed by atoms with Gasteiger partial charge >= 0.3 is 6.03 Å². The SMILES string of the molecule is Cc1nc(Oc2ccc(NS(C)(=O)=O)cc2Cl)ccc1CN1CCC(N(C(=O)Nc2ccc(C(N)=O)nc2)c2ccccc2)CC1. The Balaban J connectivity index is 1.21. The first-order valence-corrected chi connectivity index (χ1v) is 16.8. The number of nitrogens with two attached hydrogens (primary N) is 1. The molecule has 2 aromatic heterocycles. The summed E-state index contributed by atoms with van der Waals surface area (Å²) in [4.78, 5) is 37.6. The molecule has 0 saturated carbocycles. The molecule has 0 atom stereocenters. The number of nitrogens with one attached hydrogen (secondary N) is 2. The number of rotatable bonds is 10. The number of pyridine rings is 2. The molecule has 1 saturated heterocycles. The number of ether oxygens (including phenoxy) is 1. The number of nitrogens with zero attached hydrogens (tertiary/aromatic N) is 4. The number of aryl methyl sites for hydroxylation is 1. The van der Waals surface area contributed by atoms with E-state index in [-0.39, 0.29) is 22.8 Å². The minimum Gasteiger partial charge on any atom is -0.437 e. The second kappa shape index (κ2) is 14.1. The number of benzene rings is 2. The Morgan fingerprint density at radius 2 is 1.76 bits per heavy atom. The third-order valence-electron chi connectivity index (χ3n) is 7.46. The molecule has 4 aromatic rings. The third-order valence-corrected chi connectivity index (χ3v) is 8.36. The van der Waals surface area contributed by atoms with Crippen LogP contribution in [0.5, 0.6) is 11.6 Å². The average molecular weight is 664 g/mol. The van der Waals surface area contributed by atoms with Crippen molar-refractivity contribution in [2.24, 2.45) is 5.73 Å². The first-order chi connectivity index (χ1) is 21.9. The van der Waals surface area contributed by atoms with Gasteiger partial charge in [0.05, 0.1) is 28.9 Å². The fraction of sp³-hybridized carbons (Fsp3) is 0.250. The van der Waals surface area contributed by atoms with Crippen molar-refractivity contribution in [3.8, 4) is 11.6 Å². The van der Waals surface area contributed by atoms with Crippen LogP contribution in [-0.2, 0) is 16.6 Å². The summed E-state index contributed by atoms with van der Waals surface area (Å²) < 4.78 is 31.2. The van der Waals surface area contributed by atoms with Gasteiger partial charge in [-0.3, -0.25) is 19.3 Å². The van der Waals surface area contributed by atoms with E-state index in [0.717, 1.165) is 49.1 Å². The van der Waals surface area contributed by atoms with Crippen LogP contribution in [0.4, 0.5) is 21.9 Å². The molecule has 240 valence electrons. The topological polar surface area (TPSA) is 160 Å². The van der Waals surface area contributed by atoms with Crippen LogP contribution in [0.2, 0.25) is 5.02 Å². The van der Waals surface area contributed by atoms with Crippen LogP contribution in [-0.4, -0.2) is 60.6 Å². The van der Waals surface area contributed by atoms with Gasteiger partial charge in [0.2, 0.25) is 15.9 Å². The summed E-state index contributed by atoms with van der Waals surface area (Å²) in [5.41, 5.74) is 8.86. The number of piperidine rings is 1. The molecule has 0 unspecified atom stereocenters. The molecule has 0 radical (unpaired) electrons. The number of hydrogen-bond donors (Lipinski definition) is 3. The van der Waals surface area contributed by atoms with Gasteiger partial charge in [0.15, 0.2) is 0 Å². The summed E-state index contributed by atoms with van der Waals surface area (Å²) in [6, 6.07) is 20.7. The van der Waals surface area contributed by atoms with Crippen molar-refractivity contribution in [1.29, 1.82) is 0 Å². The minimum absolute atomic E-state index is 0.0322. The van der Waals surface area contributed by atoms with Gasteiger partial charge in [-0.25, -0.2) is 23.2 Å². The van der Waals surface area contributed by atoms with E-state index in [1.165, 1.54) is 18.3 Å². The molecule has 0 aliphatic carbocycles. The molecule has 0 spiro atoms. The minimum atomic E-state index is -3.43. The van der Waals surface area contributed by atoms with Gasteiger partial charge in [-0.1, -0.05) is 35.9 Å². The monoisotopic (exact) mass is 663 g/mol. The first kappa shape index (κ1) is 32.7. The van der Waals surface area contributed by atoms with Gasteiger partial charge in [0.25, 0.3) is 5.91 Å². The van der Waals surface area contributed by atoms with E-state index in [9.17, 15) is 18.0 Å². The molecule has 1 fully saturated rings. The van der Waals surface area contributed by atoms with Crippen molar-refractivity contribution >= 4 is 50.6 Å². The highest BCUT2D eigenvalue weighted by Crippen LogP contribution is 2.32. The van der Waals surface area contributed by atoms with Crippen molar-refractivity contribution in [2.75, 3.05) is 34.3 Å². The number of hydrogen-bond acceptors (Lipinski definition) is 8. The predicted molar refractivity (Wildman–Crippen MR) is 178 cm³/mol. The van der Waals surface area contributed by atoms with E-state index in [4.69, 9.17) is 22.1 Å². The lowest BCUT2D eigenvalue weighted by molar-refractivity contribution is 0.0995. The van der Waals surface area contributed by atoms with E-state index in [1.54, 1.807) is 29.2 Å². The van der Waals surface area contributed by atoms with Crippen molar-refractivity contribution < 1.29 is 22.7 Å². The average Bonchev–Trinajstić information content (AvgIpc) is 3.01. The number of para-hydroxylation sites is 1. The number of aromatic nitrogens is 2. The molecule has 46 heavy (non-hydrogen) atoms. The standard InChI is InChI=1S/C32H34ClN7O5S/c1-21-22(8-13-30(36-21)45-29-12-10-23(18-27(29)33)38-46(2,43)44)20-39-16-14-26(15-17-39)40(25-6-4-3-5-7-25)32(42)37-24-9-11-28(31(34)41)35-19-24/h3-13,18-19,26,38H,14-17,20H2,1-2H3,(H2,34,41)(H,37,42). The number of carbonyl (C=O) groups excluding carboxylic acids is 2. The molecule has 12 nitrogen and oxygen atoms in total. The van der Waals surface area contributed by atoms with Crippen molar-refractivity contribution in [3.63, 3.8) is 0 Å². The van der Waals surface area contributed by atoms with E-state index in [1.807, 2.05) is 43.3 Å². The van der Waals surface area contributed by atoms with Crippen molar-refractivity contribution in [2.45, 2.75) is 32.4 Å². The highest BCUT2D eigenvalue weighted by molar-refractivity contribution is 7.92. The lowest BCUT2D eigenvalue weighted by Crippen LogP contribution is -2.49. The van der Waals surface area contributed by atoms with Crippen LogP contribution in [0.25, 0.3) is 0 Å². The molecular weight excluding hydrogens is 630 g/mol. The normalized spacial score (nSPS) is 14.0. The number of anilines is 3. The number of urea groups is 1. The summed E-state index contributed by atoms with van der Waals surface area (Å²) in [6.45, 7) is 4.16. The third kappa shape index (κ3) is 8.50. The number of primary amides is 1. The van der Waals surface area contributed by atoms with E-state index < -0.39 is 15.9 Å². The van der Waals surface area contributed by atoms with Crippen LogP contribution in [0, 0.1) is 6.92 Å². The summed E-state index contributed by atoms with van der Waals surface area (Å²) in [5.74, 6) is 0.0902. The second-order valence-corrected chi connectivity index (χ2v) is 13.1. The summed E-state index contributed by atoms with van der Waals surface area (Å²) in [6.07, 6.45) is 4.00. The predicted octanol–water partition coefficient (Wildman–Crippen LogP) is 5.40. The van der Waals surface area contributed by atoms with Crippen LogP contribution in [0.15, 0.2) is 79.0 Å². The number of likely N-dealkylation sites (tertiary alicyclic amines) is 1. The lowest BCUT2D eigenvalue weighted by Gasteiger charge is -2.38. The molecule has 1 aliphatic rings. The zero-order valence-corrected chi connectivity index (χ0v) is 26.9. The lowest BCUT2D eigenvalue weighted by atomic mass is 10.0.